The molecule has 0 radical (unpaired) electrons. The van der Waals surface area contributed by atoms with Crippen molar-refractivity contribution in [3.63, 3.8) is 0 Å². The van der Waals surface area contributed by atoms with E-state index in [1.54, 1.807) is 0 Å². The number of likely N-dealkylation sites (tertiary alicyclic amines) is 1. The summed E-state index contributed by atoms with van der Waals surface area (Å²) in [5, 5.41) is 11.0. The van der Waals surface area contributed by atoms with Crippen LogP contribution in [0.3, 0.4) is 0 Å². The minimum absolute atomic E-state index is 0.128. The number of amides is 1. The maximum Gasteiger partial charge on any atom is 0.255 e. The smallest absolute Gasteiger partial charge is 0.255 e. The number of aromatic amines is 1. The summed E-state index contributed by atoms with van der Waals surface area (Å²) in [7, 11) is 0. The molecule has 2 aromatic carbocycles. The van der Waals surface area contributed by atoms with Gasteiger partial charge in [0.15, 0.2) is 0 Å². The van der Waals surface area contributed by atoms with Crippen LogP contribution in [0.2, 0.25) is 0 Å². The Hall–Kier alpha value is -3.49. The lowest BCUT2D eigenvalue weighted by Gasteiger charge is -2.22. The topological polar surface area (TPSA) is 90.9 Å². The van der Waals surface area contributed by atoms with E-state index in [9.17, 15) is 4.79 Å². The van der Waals surface area contributed by atoms with Gasteiger partial charge in [0.25, 0.3) is 5.91 Å². The largest absolute Gasteiger partial charge is 0.341 e. The summed E-state index contributed by atoms with van der Waals surface area (Å²) in [4.78, 5) is 23.5. The van der Waals surface area contributed by atoms with Crippen molar-refractivity contribution in [2.75, 3.05) is 25.0 Å². The predicted octanol–water partition coefficient (Wildman–Crippen LogP) is 4.59. The van der Waals surface area contributed by atoms with Crippen LogP contribution >= 0.6 is 0 Å². The first-order chi connectivity index (χ1) is 17.6. The minimum Gasteiger partial charge on any atom is -0.341 e. The molecule has 0 spiro atoms. The van der Waals surface area contributed by atoms with Gasteiger partial charge in [0, 0.05) is 29.1 Å². The predicted molar refractivity (Wildman–Crippen MR) is 142 cm³/mol. The number of hydrogen-bond acceptors (Lipinski definition) is 5. The number of carbonyl (C=O) groups excluding carboxylic acids is 1. The molecule has 2 aromatic heterocycles. The number of nitrogens with one attached hydrogen (secondary N) is 3. The molecule has 186 valence electrons. The highest BCUT2D eigenvalue weighted by Gasteiger charge is 2.21. The zero-order valence-corrected chi connectivity index (χ0v) is 20.7. The van der Waals surface area contributed by atoms with Crippen molar-refractivity contribution < 1.29 is 4.79 Å². The van der Waals surface area contributed by atoms with Crippen molar-refractivity contribution in [2.24, 2.45) is 0 Å². The number of carbonyl (C=O) groups is 1. The lowest BCUT2D eigenvalue weighted by atomic mass is 10.1. The molecule has 8 heteroatoms. The Morgan fingerprint density at radius 1 is 1.08 bits per heavy atom. The molecule has 0 bridgehead atoms. The van der Waals surface area contributed by atoms with Crippen LogP contribution in [-0.2, 0) is 6.54 Å². The first kappa shape index (κ1) is 22.9. The van der Waals surface area contributed by atoms with Crippen molar-refractivity contribution in [1.82, 2.24) is 30.0 Å². The van der Waals surface area contributed by atoms with Crippen molar-refractivity contribution in [3.05, 3.63) is 66.2 Å². The maximum absolute atomic E-state index is 12.9. The molecule has 2 saturated heterocycles. The number of imidazole rings is 1. The highest BCUT2D eigenvalue weighted by molar-refractivity contribution is 6.05. The van der Waals surface area contributed by atoms with E-state index in [1.807, 2.05) is 48.7 Å². The van der Waals surface area contributed by atoms with E-state index >= 15 is 0 Å². The Labute approximate surface area is 211 Å². The van der Waals surface area contributed by atoms with Gasteiger partial charge in [-0.05, 0) is 88.1 Å². The summed E-state index contributed by atoms with van der Waals surface area (Å²) < 4.78 is 2.08. The molecule has 2 aliphatic rings. The van der Waals surface area contributed by atoms with E-state index in [2.05, 4.69) is 43.4 Å². The Morgan fingerprint density at radius 3 is 2.69 bits per heavy atom. The van der Waals surface area contributed by atoms with E-state index in [0.717, 1.165) is 72.7 Å². The minimum atomic E-state index is -0.128. The van der Waals surface area contributed by atoms with Crippen LogP contribution in [0.1, 0.15) is 54.8 Å². The SMILES string of the molecule is C[C@H]1CCCN1Cc1nc2ccc(NC(=O)c3ccc(-c4cnn(C5CCNCC5)c4)cc3)cc2[nH]1. The number of H-pyrrole nitrogens is 1. The van der Waals surface area contributed by atoms with Gasteiger partial charge in [-0.15, -0.1) is 0 Å². The lowest BCUT2D eigenvalue weighted by molar-refractivity contribution is 0.102. The average Bonchev–Trinajstić information content (AvgIpc) is 3.65. The Balaban J connectivity index is 1.11. The highest BCUT2D eigenvalue weighted by atomic mass is 16.1. The molecule has 36 heavy (non-hydrogen) atoms. The van der Waals surface area contributed by atoms with Crippen molar-refractivity contribution in [1.29, 1.82) is 0 Å². The number of aromatic nitrogens is 4. The molecule has 0 aliphatic carbocycles. The van der Waals surface area contributed by atoms with E-state index in [1.165, 1.54) is 12.8 Å². The maximum atomic E-state index is 12.9. The fraction of sp³-hybridized carbons (Fsp3) is 0.393. The van der Waals surface area contributed by atoms with E-state index in [0.29, 0.717) is 17.6 Å². The normalized spacial score (nSPS) is 19.2. The summed E-state index contributed by atoms with van der Waals surface area (Å²) in [6.45, 7) is 6.31. The van der Waals surface area contributed by atoms with Gasteiger partial charge in [-0.3, -0.25) is 14.4 Å². The summed E-state index contributed by atoms with van der Waals surface area (Å²) in [6, 6.07) is 14.6. The number of piperidine rings is 1. The third-order valence-electron chi connectivity index (χ3n) is 7.60. The quantitative estimate of drug-likeness (QED) is 0.373. The van der Waals surface area contributed by atoms with Crippen LogP contribution in [0, 0.1) is 0 Å². The van der Waals surface area contributed by atoms with Crippen molar-refractivity contribution in [3.8, 4) is 11.1 Å². The van der Waals surface area contributed by atoms with E-state index in [4.69, 9.17) is 4.98 Å². The Morgan fingerprint density at radius 2 is 1.92 bits per heavy atom. The first-order valence-corrected chi connectivity index (χ1v) is 13.0. The Bertz CT molecular complexity index is 1350. The van der Waals surface area contributed by atoms with E-state index < -0.39 is 0 Å². The van der Waals surface area contributed by atoms with Gasteiger partial charge in [0.2, 0.25) is 0 Å². The van der Waals surface area contributed by atoms with Gasteiger partial charge < -0.3 is 15.6 Å². The van der Waals surface area contributed by atoms with Crippen LogP contribution in [0.5, 0.6) is 0 Å². The van der Waals surface area contributed by atoms with Gasteiger partial charge in [0.1, 0.15) is 5.82 Å². The van der Waals surface area contributed by atoms with Crippen LogP contribution in [0.15, 0.2) is 54.9 Å². The molecular formula is C28H33N7O. The fourth-order valence-corrected chi connectivity index (χ4v) is 5.41. The summed E-state index contributed by atoms with van der Waals surface area (Å²) in [5.41, 5.74) is 5.37. The second kappa shape index (κ2) is 9.87. The highest BCUT2D eigenvalue weighted by Crippen LogP contribution is 2.25. The molecular weight excluding hydrogens is 450 g/mol. The molecule has 0 saturated carbocycles. The standard InChI is InChI=1S/C28H33N7O/c1-19-3-2-14-34(19)18-27-32-25-9-8-23(15-26(25)33-27)31-28(36)21-6-4-20(5-7-21)22-16-30-35(17-22)24-10-12-29-13-11-24/h4-9,15-17,19,24,29H,2-3,10-14,18H2,1H3,(H,31,36)(H,32,33)/t19-/m0/s1. The number of rotatable bonds is 6. The number of anilines is 1. The molecule has 6 rings (SSSR count). The molecule has 4 aromatic rings. The molecule has 2 aliphatic heterocycles. The molecule has 1 amide bonds. The number of benzene rings is 2. The number of hydrogen-bond donors (Lipinski definition) is 3. The summed E-state index contributed by atoms with van der Waals surface area (Å²) in [5.74, 6) is 0.846. The molecule has 0 unspecified atom stereocenters. The second-order valence-electron chi connectivity index (χ2n) is 10.1. The molecule has 1 atom stereocenters. The number of nitrogens with zero attached hydrogens (tertiary/aromatic N) is 4. The van der Waals surface area contributed by atoms with Crippen LogP contribution in [0.25, 0.3) is 22.2 Å². The first-order valence-electron chi connectivity index (χ1n) is 13.0. The average molecular weight is 484 g/mol. The van der Waals surface area contributed by atoms with Gasteiger partial charge in [0.05, 0.1) is 29.8 Å². The molecule has 4 heterocycles. The van der Waals surface area contributed by atoms with Gasteiger partial charge in [-0.25, -0.2) is 4.98 Å². The monoisotopic (exact) mass is 483 g/mol. The zero-order chi connectivity index (χ0) is 24.5. The molecule has 3 N–H and O–H groups in total. The fourth-order valence-electron chi connectivity index (χ4n) is 5.41. The van der Waals surface area contributed by atoms with Gasteiger partial charge >= 0.3 is 0 Å². The molecule has 2 fully saturated rings. The number of fused-ring (bicyclic) bond motifs is 1. The lowest BCUT2D eigenvalue weighted by Crippen LogP contribution is -2.29. The summed E-state index contributed by atoms with van der Waals surface area (Å²) >= 11 is 0. The zero-order valence-electron chi connectivity index (χ0n) is 20.7. The third-order valence-corrected chi connectivity index (χ3v) is 7.60. The van der Waals surface area contributed by atoms with Crippen molar-refractivity contribution >= 4 is 22.6 Å². The van der Waals surface area contributed by atoms with Gasteiger partial charge in [-0.2, -0.15) is 5.10 Å². The second-order valence-corrected chi connectivity index (χ2v) is 10.1. The summed E-state index contributed by atoms with van der Waals surface area (Å²) in [6.07, 6.45) is 8.73. The van der Waals surface area contributed by atoms with E-state index in [-0.39, 0.29) is 5.91 Å². The van der Waals surface area contributed by atoms with Crippen LogP contribution < -0.4 is 10.6 Å². The Kier molecular flexibility index (Phi) is 6.29. The van der Waals surface area contributed by atoms with Crippen molar-refractivity contribution in [2.45, 2.75) is 51.2 Å². The third kappa shape index (κ3) is 4.79. The van der Waals surface area contributed by atoms with Crippen LogP contribution in [0.4, 0.5) is 5.69 Å². The molecule has 8 nitrogen and oxygen atoms in total. The van der Waals surface area contributed by atoms with Gasteiger partial charge in [-0.1, -0.05) is 12.1 Å². The van der Waals surface area contributed by atoms with Crippen LogP contribution in [-0.4, -0.2) is 56.2 Å².